The van der Waals surface area contributed by atoms with Gasteiger partial charge in [0.15, 0.2) is 15.0 Å². The lowest BCUT2D eigenvalue weighted by Crippen LogP contribution is -2.38. The third kappa shape index (κ3) is 3.55. The molecule has 0 aromatic heterocycles. The molecule has 0 bridgehead atoms. The number of methoxy groups -OCH3 is 1. The Kier molecular flexibility index (Phi) is 5.11. The lowest BCUT2D eigenvalue weighted by atomic mass is 10.1. The maximum absolute atomic E-state index is 12.3. The van der Waals surface area contributed by atoms with Gasteiger partial charge in [-0.05, 0) is 18.6 Å². The van der Waals surface area contributed by atoms with Crippen molar-refractivity contribution in [3.63, 3.8) is 0 Å². The summed E-state index contributed by atoms with van der Waals surface area (Å²) >= 11 is 1.38. The summed E-state index contributed by atoms with van der Waals surface area (Å²) in [5, 5.41) is 0.457. The fourth-order valence-electron chi connectivity index (χ4n) is 3.05. The first-order valence-corrected chi connectivity index (χ1v) is 11.0. The predicted molar refractivity (Wildman–Crippen MR) is 101 cm³/mol. The van der Waals surface area contributed by atoms with Crippen molar-refractivity contribution in [3.05, 3.63) is 24.3 Å². The summed E-state index contributed by atoms with van der Waals surface area (Å²) in [6.45, 7) is 3.80. The minimum Gasteiger partial charge on any atom is -0.495 e. The summed E-state index contributed by atoms with van der Waals surface area (Å²) in [6, 6.07) is 7.19. The summed E-state index contributed by atoms with van der Waals surface area (Å²) in [7, 11) is -1.51. The van der Waals surface area contributed by atoms with Crippen molar-refractivity contribution < 1.29 is 17.9 Å². The van der Waals surface area contributed by atoms with Crippen molar-refractivity contribution in [3.8, 4) is 5.75 Å². The first-order chi connectivity index (χ1) is 11.9. The number of sulfone groups is 1. The average molecular weight is 383 g/mol. The Hall–Kier alpha value is -1.54. The summed E-state index contributed by atoms with van der Waals surface area (Å²) in [6.07, 6.45) is 0.718. The molecule has 1 aromatic rings. The topological polar surface area (TPSA) is 76.0 Å². The Morgan fingerprint density at radius 1 is 1.40 bits per heavy atom. The average Bonchev–Trinajstić information content (AvgIpc) is 3.04. The highest BCUT2D eigenvalue weighted by molar-refractivity contribution is 8.16. The molecule has 0 aliphatic carbocycles. The molecule has 0 radical (unpaired) electrons. The zero-order valence-electron chi connectivity index (χ0n) is 14.5. The van der Waals surface area contributed by atoms with Crippen molar-refractivity contribution in [2.24, 2.45) is 10.9 Å². The number of ether oxygens (including phenoxy) is 1. The zero-order chi connectivity index (χ0) is 18.2. The van der Waals surface area contributed by atoms with Gasteiger partial charge in [0, 0.05) is 11.2 Å². The van der Waals surface area contributed by atoms with Crippen LogP contribution >= 0.6 is 11.8 Å². The van der Waals surface area contributed by atoms with Crippen LogP contribution in [-0.4, -0.2) is 49.4 Å². The maximum Gasteiger partial charge on any atom is 0.250 e. The molecule has 25 heavy (non-hydrogen) atoms. The molecule has 0 unspecified atom stereocenters. The van der Waals surface area contributed by atoms with Gasteiger partial charge < -0.3 is 9.64 Å². The molecule has 8 heteroatoms. The van der Waals surface area contributed by atoms with Crippen LogP contribution in [0.3, 0.4) is 0 Å². The molecule has 2 aliphatic rings. The minimum absolute atomic E-state index is 0.0687. The van der Waals surface area contributed by atoms with E-state index in [1.807, 2.05) is 43.0 Å². The number of nitrogens with zero attached hydrogens (tertiary/aromatic N) is 2. The molecule has 6 nitrogen and oxygen atoms in total. The van der Waals surface area contributed by atoms with E-state index in [0.29, 0.717) is 10.9 Å². The van der Waals surface area contributed by atoms with Gasteiger partial charge in [-0.1, -0.05) is 37.7 Å². The van der Waals surface area contributed by atoms with Crippen LogP contribution in [0.25, 0.3) is 0 Å². The highest BCUT2D eigenvalue weighted by Gasteiger charge is 2.50. The molecular weight excluding hydrogens is 360 g/mol. The molecule has 136 valence electrons. The van der Waals surface area contributed by atoms with E-state index in [-0.39, 0.29) is 34.6 Å². The second-order valence-electron chi connectivity index (χ2n) is 6.38. The lowest BCUT2D eigenvalue weighted by molar-refractivity contribution is -0.121. The molecule has 1 amide bonds. The Balaban J connectivity index is 2.04. The van der Waals surface area contributed by atoms with E-state index >= 15 is 0 Å². The van der Waals surface area contributed by atoms with Gasteiger partial charge in [0.2, 0.25) is 0 Å². The van der Waals surface area contributed by atoms with Crippen molar-refractivity contribution in [1.82, 2.24) is 0 Å². The molecule has 1 aromatic carbocycles. The SMILES string of the molecule is CC[C@@H](C)C(=O)N=C1S[C@H]2CS(=O)(=O)C[C@@H]2N1c1ccccc1OC. The van der Waals surface area contributed by atoms with Gasteiger partial charge in [0.1, 0.15) is 5.75 Å². The number of amidine groups is 1. The number of thioether (sulfide) groups is 1. The van der Waals surface area contributed by atoms with Crippen LogP contribution in [0.1, 0.15) is 20.3 Å². The Bertz CT molecular complexity index is 807. The number of rotatable bonds is 4. The van der Waals surface area contributed by atoms with Gasteiger partial charge in [-0.2, -0.15) is 4.99 Å². The van der Waals surface area contributed by atoms with Crippen LogP contribution in [0.2, 0.25) is 0 Å². The molecule has 0 spiro atoms. The molecular formula is C17H22N2O4S2. The van der Waals surface area contributed by atoms with Gasteiger partial charge in [-0.15, -0.1) is 0 Å². The van der Waals surface area contributed by atoms with E-state index in [4.69, 9.17) is 4.74 Å². The third-order valence-electron chi connectivity index (χ3n) is 4.65. The highest BCUT2D eigenvalue weighted by atomic mass is 32.2. The zero-order valence-corrected chi connectivity index (χ0v) is 16.1. The number of fused-ring (bicyclic) bond motifs is 1. The summed E-state index contributed by atoms with van der Waals surface area (Å²) in [5.74, 6) is 0.491. The number of anilines is 1. The Labute approximate surface area is 152 Å². The molecule has 2 aliphatic heterocycles. The minimum atomic E-state index is -3.08. The molecule has 3 atom stereocenters. The maximum atomic E-state index is 12.3. The Morgan fingerprint density at radius 3 is 2.80 bits per heavy atom. The van der Waals surface area contributed by atoms with Gasteiger partial charge in [-0.25, -0.2) is 8.42 Å². The van der Waals surface area contributed by atoms with Crippen molar-refractivity contribution in [2.75, 3.05) is 23.5 Å². The smallest absolute Gasteiger partial charge is 0.250 e. The fourth-order valence-corrected chi connectivity index (χ4v) is 6.97. The first-order valence-electron chi connectivity index (χ1n) is 8.28. The largest absolute Gasteiger partial charge is 0.495 e. The van der Waals surface area contributed by atoms with E-state index in [0.717, 1.165) is 12.1 Å². The number of carbonyl (C=O) groups excluding carboxylic acids is 1. The molecule has 0 saturated carbocycles. The first kappa shape index (κ1) is 18.3. The van der Waals surface area contributed by atoms with Crippen LogP contribution in [0.4, 0.5) is 5.69 Å². The number of para-hydroxylation sites is 2. The van der Waals surface area contributed by atoms with Gasteiger partial charge in [0.25, 0.3) is 5.91 Å². The number of hydrogen-bond donors (Lipinski definition) is 0. The predicted octanol–water partition coefficient (Wildman–Crippen LogP) is 2.34. The van der Waals surface area contributed by atoms with Gasteiger partial charge >= 0.3 is 0 Å². The lowest BCUT2D eigenvalue weighted by Gasteiger charge is -2.26. The number of aliphatic imine (C=N–C) groups is 1. The molecule has 0 N–H and O–H groups in total. The second kappa shape index (κ2) is 6.99. The number of carbonyl (C=O) groups is 1. The summed E-state index contributed by atoms with van der Waals surface area (Å²) < 4.78 is 29.6. The number of amides is 1. The van der Waals surface area contributed by atoms with E-state index < -0.39 is 9.84 Å². The van der Waals surface area contributed by atoms with Crippen molar-refractivity contribution >= 4 is 38.4 Å². The molecule has 3 rings (SSSR count). The van der Waals surface area contributed by atoms with Crippen molar-refractivity contribution in [1.29, 1.82) is 0 Å². The Morgan fingerprint density at radius 2 is 2.12 bits per heavy atom. The standard InChI is InChI=1S/C17H22N2O4S2/c1-4-11(2)16(20)18-17-19(12-7-5-6-8-14(12)23-3)13-9-25(21,22)10-15(13)24-17/h5-8,11,13,15H,4,9-10H2,1-3H3/t11-,13+,15+/m1/s1. The van der Waals surface area contributed by atoms with Crippen LogP contribution in [0.15, 0.2) is 29.3 Å². The second-order valence-corrected chi connectivity index (χ2v) is 9.74. The normalized spacial score (nSPS) is 27.3. The quantitative estimate of drug-likeness (QED) is 0.796. The monoisotopic (exact) mass is 382 g/mol. The third-order valence-corrected chi connectivity index (χ3v) is 7.86. The number of hydrogen-bond acceptors (Lipinski definition) is 5. The van der Waals surface area contributed by atoms with Crippen molar-refractivity contribution in [2.45, 2.75) is 31.6 Å². The summed E-state index contributed by atoms with van der Waals surface area (Å²) in [5.41, 5.74) is 0.748. The van der Waals surface area contributed by atoms with E-state index in [9.17, 15) is 13.2 Å². The van der Waals surface area contributed by atoms with E-state index in [1.165, 1.54) is 11.8 Å². The van der Waals surface area contributed by atoms with E-state index in [2.05, 4.69) is 4.99 Å². The molecule has 2 fully saturated rings. The molecule has 2 heterocycles. The van der Waals surface area contributed by atoms with Gasteiger partial charge in [0.05, 0.1) is 30.3 Å². The highest BCUT2D eigenvalue weighted by Crippen LogP contribution is 2.43. The number of benzene rings is 1. The van der Waals surface area contributed by atoms with E-state index in [1.54, 1.807) is 7.11 Å². The molecule has 2 saturated heterocycles. The van der Waals surface area contributed by atoms with Gasteiger partial charge in [-0.3, -0.25) is 4.79 Å². The fraction of sp³-hybridized carbons (Fsp3) is 0.529. The van der Waals surface area contributed by atoms with Crippen LogP contribution in [0.5, 0.6) is 5.75 Å². The summed E-state index contributed by atoms with van der Waals surface area (Å²) in [4.78, 5) is 18.5. The van der Waals surface area contributed by atoms with Crippen LogP contribution in [-0.2, 0) is 14.6 Å². The van der Waals surface area contributed by atoms with Crippen LogP contribution in [0, 0.1) is 5.92 Å². The van der Waals surface area contributed by atoms with Crippen LogP contribution < -0.4 is 9.64 Å².